The summed E-state index contributed by atoms with van der Waals surface area (Å²) < 4.78 is 10.6. The Bertz CT molecular complexity index is 299. The fourth-order valence-corrected chi connectivity index (χ4v) is 1.16. The van der Waals surface area contributed by atoms with Crippen LogP contribution in [0.4, 0.5) is 0 Å². The molecule has 0 radical (unpaired) electrons. The predicted molar refractivity (Wildman–Crippen MR) is 56.3 cm³/mol. The van der Waals surface area contributed by atoms with Crippen LogP contribution < -0.4 is 9.47 Å². The first kappa shape index (κ1) is 11.8. The van der Waals surface area contributed by atoms with Crippen molar-refractivity contribution in [3.63, 3.8) is 0 Å². The summed E-state index contributed by atoms with van der Waals surface area (Å²) >= 11 is 0. The van der Waals surface area contributed by atoms with E-state index < -0.39 is 0 Å². The molecule has 4 nitrogen and oxygen atoms in total. The minimum Gasteiger partial charge on any atom is -0.487 e. The summed E-state index contributed by atoms with van der Waals surface area (Å²) in [5, 5.41) is 17.3. The van der Waals surface area contributed by atoms with Gasteiger partial charge in [0.25, 0.3) is 0 Å². The van der Waals surface area contributed by atoms with E-state index in [2.05, 4.69) is 0 Å². The largest absolute Gasteiger partial charge is 0.487 e. The topological polar surface area (TPSA) is 58.9 Å². The highest BCUT2D eigenvalue weighted by Gasteiger charge is 2.04. The first-order valence-corrected chi connectivity index (χ1v) is 4.86. The molecule has 0 bridgehead atoms. The van der Waals surface area contributed by atoms with E-state index in [1.165, 1.54) is 0 Å². The molecule has 2 N–H and O–H groups in total. The third-order valence-electron chi connectivity index (χ3n) is 1.80. The molecule has 4 heteroatoms. The van der Waals surface area contributed by atoms with Gasteiger partial charge in [0.15, 0.2) is 11.5 Å². The average molecular weight is 212 g/mol. The zero-order chi connectivity index (χ0) is 11.1. The molecule has 0 saturated carbocycles. The first-order chi connectivity index (χ1) is 7.27. The molecule has 0 aromatic heterocycles. The summed E-state index contributed by atoms with van der Waals surface area (Å²) in [5.41, 5.74) is 1.05. The highest BCUT2D eigenvalue weighted by Crippen LogP contribution is 2.27. The highest BCUT2D eigenvalue weighted by atomic mass is 16.5. The molecule has 1 aromatic carbocycles. The van der Waals surface area contributed by atoms with Crippen LogP contribution >= 0.6 is 0 Å². The molecular formula is C11H16O4. The zero-order valence-electron chi connectivity index (χ0n) is 8.77. The summed E-state index contributed by atoms with van der Waals surface area (Å²) in [6.07, 6.45) is 0. The summed E-state index contributed by atoms with van der Waals surface area (Å²) in [7, 11) is 0. The average Bonchev–Trinajstić information content (AvgIpc) is 2.25. The van der Waals surface area contributed by atoms with Crippen molar-refractivity contribution in [3.8, 4) is 11.5 Å². The summed E-state index contributed by atoms with van der Waals surface area (Å²) in [4.78, 5) is 0. The van der Waals surface area contributed by atoms with Gasteiger partial charge in [0.05, 0.1) is 13.2 Å². The molecule has 0 aliphatic rings. The smallest absolute Gasteiger partial charge is 0.161 e. The van der Waals surface area contributed by atoms with Gasteiger partial charge < -0.3 is 19.7 Å². The van der Waals surface area contributed by atoms with E-state index in [1.807, 2.05) is 19.1 Å². The molecule has 1 rings (SSSR count). The Morgan fingerprint density at radius 1 is 1.00 bits per heavy atom. The van der Waals surface area contributed by atoms with Gasteiger partial charge in [-0.25, -0.2) is 0 Å². The lowest BCUT2D eigenvalue weighted by Crippen LogP contribution is -2.06. The predicted octanol–water partition coefficient (Wildman–Crippen LogP) is 0.737. The maximum Gasteiger partial charge on any atom is 0.161 e. The monoisotopic (exact) mass is 212 g/mol. The van der Waals surface area contributed by atoms with Crippen molar-refractivity contribution in [1.29, 1.82) is 0 Å². The number of aliphatic hydroxyl groups is 2. The number of ether oxygens (including phenoxy) is 2. The standard InChI is InChI=1S/C11H16O4/c1-9-2-3-10(14-6-4-12)11(8-9)15-7-5-13/h2-3,8,12-13H,4-7H2,1H3. The van der Waals surface area contributed by atoms with E-state index in [4.69, 9.17) is 19.7 Å². The fraction of sp³-hybridized carbons (Fsp3) is 0.455. The van der Waals surface area contributed by atoms with Crippen LogP contribution in [0.25, 0.3) is 0 Å². The van der Waals surface area contributed by atoms with Gasteiger partial charge in [-0.05, 0) is 24.6 Å². The van der Waals surface area contributed by atoms with E-state index >= 15 is 0 Å². The van der Waals surface area contributed by atoms with E-state index in [-0.39, 0.29) is 26.4 Å². The maximum absolute atomic E-state index is 8.66. The lowest BCUT2D eigenvalue weighted by Gasteiger charge is -2.12. The second-order valence-electron chi connectivity index (χ2n) is 3.09. The minimum absolute atomic E-state index is 0.0343. The van der Waals surface area contributed by atoms with Gasteiger partial charge in [-0.15, -0.1) is 0 Å². The highest BCUT2D eigenvalue weighted by molar-refractivity contribution is 5.42. The van der Waals surface area contributed by atoms with Crippen LogP contribution in [0.15, 0.2) is 18.2 Å². The van der Waals surface area contributed by atoms with Gasteiger partial charge >= 0.3 is 0 Å². The quantitative estimate of drug-likeness (QED) is 0.730. The van der Waals surface area contributed by atoms with Crippen molar-refractivity contribution in [2.24, 2.45) is 0 Å². The number of hydrogen-bond donors (Lipinski definition) is 2. The molecule has 0 saturated heterocycles. The van der Waals surface area contributed by atoms with Crippen molar-refractivity contribution < 1.29 is 19.7 Å². The van der Waals surface area contributed by atoms with Gasteiger partial charge in [-0.3, -0.25) is 0 Å². The van der Waals surface area contributed by atoms with E-state index in [1.54, 1.807) is 6.07 Å². The van der Waals surface area contributed by atoms with Crippen LogP contribution in [0.3, 0.4) is 0 Å². The number of aliphatic hydroxyl groups excluding tert-OH is 2. The number of benzene rings is 1. The van der Waals surface area contributed by atoms with Crippen molar-refractivity contribution in [2.75, 3.05) is 26.4 Å². The minimum atomic E-state index is -0.0344. The van der Waals surface area contributed by atoms with Gasteiger partial charge in [0.1, 0.15) is 13.2 Å². The van der Waals surface area contributed by atoms with Crippen LogP contribution in [-0.4, -0.2) is 36.6 Å². The third-order valence-corrected chi connectivity index (χ3v) is 1.80. The zero-order valence-corrected chi connectivity index (χ0v) is 8.77. The van der Waals surface area contributed by atoms with Crippen LogP contribution in [0.5, 0.6) is 11.5 Å². The Hall–Kier alpha value is -1.26. The van der Waals surface area contributed by atoms with Gasteiger partial charge in [0.2, 0.25) is 0 Å². The summed E-state index contributed by atoms with van der Waals surface area (Å²) in [6.45, 7) is 2.35. The molecule has 0 fully saturated rings. The molecule has 0 atom stereocenters. The number of rotatable bonds is 6. The molecule has 1 aromatic rings. The van der Waals surface area contributed by atoms with E-state index in [0.717, 1.165) is 5.56 Å². The van der Waals surface area contributed by atoms with Crippen LogP contribution in [-0.2, 0) is 0 Å². The molecular weight excluding hydrogens is 196 g/mol. The molecule has 0 aliphatic heterocycles. The normalized spacial score (nSPS) is 10.1. The molecule has 0 amide bonds. The molecule has 0 spiro atoms. The van der Waals surface area contributed by atoms with Gasteiger partial charge in [0, 0.05) is 0 Å². The Kier molecular flexibility index (Phi) is 4.93. The number of hydrogen-bond acceptors (Lipinski definition) is 4. The van der Waals surface area contributed by atoms with Gasteiger partial charge in [-0.1, -0.05) is 6.07 Å². The summed E-state index contributed by atoms with van der Waals surface area (Å²) in [6, 6.07) is 5.53. The maximum atomic E-state index is 8.66. The van der Waals surface area contributed by atoms with Crippen molar-refractivity contribution in [1.82, 2.24) is 0 Å². The van der Waals surface area contributed by atoms with Crippen LogP contribution in [0.2, 0.25) is 0 Å². The summed E-state index contributed by atoms with van der Waals surface area (Å²) in [5.74, 6) is 1.18. The second kappa shape index (κ2) is 6.27. The Balaban J connectivity index is 2.73. The number of aryl methyl sites for hydroxylation is 1. The van der Waals surface area contributed by atoms with Crippen LogP contribution in [0.1, 0.15) is 5.56 Å². The van der Waals surface area contributed by atoms with E-state index in [9.17, 15) is 0 Å². The molecule has 84 valence electrons. The fourth-order valence-electron chi connectivity index (χ4n) is 1.16. The van der Waals surface area contributed by atoms with E-state index in [0.29, 0.717) is 11.5 Å². The first-order valence-electron chi connectivity index (χ1n) is 4.86. The Morgan fingerprint density at radius 2 is 1.60 bits per heavy atom. The second-order valence-corrected chi connectivity index (χ2v) is 3.09. The Labute approximate surface area is 89.1 Å². The van der Waals surface area contributed by atoms with Crippen molar-refractivity contribution in [2.45, 2.75) is 6.92 Å². The van der Waals surface area contributed by atoms with Gasteiger partial charge in [-0.2, -0.15) is 0 Å². The van der Waals surface area contributed by atoms with Crippen molar-refractivity contribution in [3.05, 3.63) is 23.8 Å². The third kappa shape index (κ3) is 3.77. The lowest BCUT2D eigenvalue weighted by atomic mass is 10.2. The molecule has 0 aliphatic carbocycles. The lowest BCUT2D eigenvalue weighted by molar-refractivity contribution is 0.178. The Morgan fingerprint density at radius 3 is 2.20 bits per heavy atom. The van der Waals surface area contributed by atoms with Crippen molar-refractivity contribution >= 4 is 0 Å². The molecule has 0 unspecified atom stereocenters. The van der Waals surface area contributed by atoms with Crippen LogP contribution in [0, 0.1) is 6.92 Å². The SMILES string of the molecule is Cc1ccc(OCCO)c(OCCO)c1. The molecule has 15 heavy (non-hydrogen) atoms. The molecule has 0 heterocycles.